The third-order valence-electron chi connectivity index (χ3n) is 4.49. The van der Waals surface area contributed by atoms with Gasteiger partial charge in [0.1, 0.15) is 0 Å². The van der Waals surface area contributed by atoms with E-state index >= 15 is 0 Å². The molecule has 0 aliphatic carbocycles. The zero-order valence-electron chi connectivity index (χ0n) is 13.7. The lowest BCUT2D eigenvalue weighted by Crippen LogP contribution is -2.46. The smallest absolute Gasteiger partial charge is 0.231 e. The summed E-state index contributed by atoms with van der Waals surface area (Å²) in [7, 11) is 0. The molecule has 6 heteroatoms. The average molecular weight is 312 g/mol. The summed E-state index contributed by atoms with van der Waals surface area (Å²) in [4.78, 5) is 17.7. The van der Waals surface area contributed by atoms with Crippen molar-refractivity contribution in [3.8, 4) is 0 Å². The van der Waals surface area contributed by atoms with Crippen LogP contribution >= 0.6 is 11.6 Å². The van der Waals surface area contributed by atoms with E-state index in [-0.39, 0.29) is 5.28 Å². The Balaban J connectivity index is 2.34. The van der Waals surface area contributed by atoms with Gasteiger partial charge < -0.3 is 9.80 Å². The Morgan fingerprint density at radius 2 is 1.81 bits per heavy atom. The zero-order valence-corrected chi connectivity index (χ0v) is 14.4. The van der Waals surface area contributed by atoms with Gasteiger partial charge in [-0.1, -0.05) is 13.8 Å². The number of aromatic nitrogens is 3. The Bertz CT molecular complexity index is 477. The van der Waals surface area contributed by atoms with Crippen molar-refractivity contribution in [2.24, 2.45) is 11.8 Å². The van der Waals surface area contributed by atoms with Crippen molar-refractivity contribution in [3.63, 3.8) is 0 Å². The fourth-order valence-corrected chi connectivity index (χ4v) is 3.24. The Kier molecular flexibility index (Phi) is 5.25. The standard InChI is InChI=1S/C15H26ClN5/c1-6-20(7-2)14-17-13(16)18-15(19-14)21-9-10(3)8-11(4)12(21)5/h10-12H,6-9H2,1-5H3. The molecule has 118 valence electrons. The number of hydrogen-bond acceptors (Lipinski definition) is 5. The monoisotopic (exact) mass is 311 g/mol. The molecule has 2 heterocycles. The van der Waals surface area contributed by atoms with Crippen LogP contribution in [-0.4, -0.2) is 40.6 Å². The maximum absolute atomic E-state index is 6.13. The van der Waals surface area contributed by atoms with E-state index in [0.717, 1.165) is 19.6 Å². The molecular formula is C15H26ClN5. The summed E-state index contributed by atoms with van der Waals surface area (Å²) in [5.41, 5.74) is 0. The van der Waals surface area contributed by atoms with Gasteiger partial charge in [0.15, 0.2) is 0 Å². The van der Waals surface area contributed by atoms with Crippen molar-refractivity contribution in [3.05, 3.63) is 5.28 Å². The van der Waals surface area contributed by atoms with Crippen molar-refractivity contribution >= 4 is 23.5 Å². The summed E-state index contributed by atoms with van der Waals surface area (Å²) < 4.78 is 0. The molecule has 1 aromatic rings. The van der Waals surface area contributed by atoms with E-state index in [1.54, 1.807) is 0 Å². The fraction of sp³-hybridized carbons (Fsp3) is 0.800. The Morgan fingerprint density at radius 1 is 1.14 bits per heavy atom. The van der Waals surface area contributed by atoms with Gasteiger partial charge in [-0.25, -0.2) is 0 Å². The lowest BCUT2D eigenvalue weighted by molar-refractivity contribution is 0.293. The van der Waals surface area contributed by atoms with Gasteiger partial charge in [-0.15, -0.1) is 0 Å². The molecule has 0 spiro atoms. The van der Waals surface area contributed by atoms with Gasteiger partial charge in [0.2, 0.25) is 17.2 Å². The molecule has 0 bridgehead atoms. The first kappa shape index (κ1) is 16.3. The molecule has 21 heavy (non-hydrogen) atoms. The van der Waals surface area contributed by atoms with Crippen LogP contribution in [0.1, 0.15) is 41.0 Å². The number of halogens is 1. The van der Waals surface area contributed by atoms with Gasteiger partial charge in [-0.05, 0) is 50.6 Å². The van der Waals surface area contributed by atoms with Crippen molar-refractivity contribution in [1.29, 1.82) is 0 Å². The average Bonchev–Trinajstić information content (AvgIpc) is 2.43. The van der Waals surface area contributed by atoms with Crippen LogP contribution in [0.3, 0.4) is 0 Å². The third kappa shape index (κ3) is 3.57. The minimum absolute atomic E-state index is 0.278. The minimum Gasteiger partial charge on any atom is -0.341 e. The van der Waals surface area contributed by atoms with Crippen molar-refractivity contribution in [1.82, 2.24) is 15.0 Å². The number of rotatable bonds is 4. The first-order valence-corrected chi connectivity index (χ1v) is 8.27. The third-order valence-corrected chi connectivity index (χ3v) is 4.65. The SMILES string of the molecule is CCN(CC)c1nc(Cl)nc(N2CC(C)CC(C)C2C)n1. The predicted molar refractivity (Wildman–Crippen MR) is 88.2 cm³/mol. The quantitative estimate of drug-likeness (QED) is 0.854. The molecule has 1 aliphatic heterocycles. The normalized spacial score (nSPS) is 26.0. The lowest BCUT2D eigenvalue weighted by atomic mass is 9.86. The van der Waals surface area contributed by atoms with E-state index in [0.29, 0.717) is 29.8 Å². The molecule has 1 saturated heterocycles. The minimum atomic E-state index is 0.278. The lowest BCUT2D eigenvalue weighted by Gasteiger charge is -2.41. The van der Waals surface area contributed by atoms with Crippen LogP contribution < -0.4 is 9.80 Å². The van der Waals surface area contributed by atoms with E-state index in [1.807, 2.05) is 0 Å². The molecular weight excluding hydrogens is 286 g/mol. The molecule has 0 amide bonds. The van der Waals surface area contributed by atoms with E-state index in [1.165, 1.54) is 6.42 Å². The summed E-state index contributed by atoms with van der Waals surface area (Å²) >= 11 is 6.13. The topological polar surface area (TPSA) is 45.2 Å². The van der Waals surface area contributed by atoms with Crippen LogP contribution in [0.15, 0.2) is 0 Å². The molecule has 2 rings (SSSR count). The van der Waals surface area contributed by atoms with E-state index < -0.39 is 0 Å². The molecule has 0 N–H and O–H groups in total. The predicted octanol–water partition coefficient (Wildman–Crippen LogP) is 3.24. The zero-order chi connectivity index (χ0) is 15.6. The van der Waals surface area contributed by atoms with E-state index in [2.05, 4.69) is 59.4 Å². The van der Waals surface area contributed by atoms with Crippen LogP contribution in [0, 0.1) is 11.8 Å². The number of nitrogens with zero attached hydrogens (tertiary/aromatic N) is 5. The second kappa shape index (κ2) is 6.77. The number of piperidine rings is 1. The first-order valence-electron chi connectivity index (χ1n) is 7.89. The molecule has 0 saturated carbocycles. The second-order valence-corrected chi connectivity index (χ2v) is 6.43. The van der Waals surface area contributed by atoms with Crippen LogP contribution in [0.4, 0.5) is 11.9 Å². The first-order chi connectivity index (χ1) is 9.96. The second-order valence-electron chi connectivity index (χ2n) is 6.09. The molecule has 1 aliphatic rings. The molecule has 5 nitrogen and oxygen atoms in total. The Morgan fingerprint density at radius 3 is 2.43 bits per heavy atom. The fourth-order valence-electron chi connectivity index (χ4n) is 3.08. The van der Waals surface area contributed by atoms with Gasteiger partial charge in [0, 0.05) is 25.7 Å². The van der Waals surface area contributed by atoms with Gasteiger partial charge in [0.25, 0.3) is 0 Å². The van der Waals surface area contributed by atoms with Gasteiger partial charge >= 0.3 is 0 Å². The maximum Gasteiger partial charge on any atom is 0.231 e. The highest BCUT2D eigenvalue weighted by atomic mass is 35.5. The van der Waals surface area contributed by atoms with Crippen LogP contribution in [0.2, 0.25) is 5.28 Å². The van der Waals surface area contributed by atoms with E-state index in [9.17, 15) is 0 Å². The molecule has 1 aromatic heterocycles. The van der Waals surface area contributed by atoms with Crippen molar-refractivity contribution in [2.45, 2.75) is 47.1 Å². The largest absolute Gasteiger partial charge is 0.341 e. The summed E-state index contributed by atoms with van der Waals surface area (Å²) in [6, 6.07) is 0.421. The molecule has 1 fully saturated rings. The highest BCUT2D eigenvalue weighted by Gasteiger charge is 2.31. The Labute approximate surface area is 132 Å². The number of anilines is 2. The summed E-state index contributed by atoms with van der Waals surface area (Å²) in [6.07, 6.45) is 1.25. The highest BCUT2D eigenvalue weighted by Crippen LogP contribution is 2.30. The highest BCUT2D eigenvalue weighted by molar-refractivity contribution is 6.28. The van der Waals surface area contributed by atoms with Crippen LogP contribution in [0.25, 0.3) is 0 Å². The molecule has 0 radical (unpaired) electrons. The Hall–Kier alpha value is -1.10. The number of hydrogen-bond donors (Lipinski definition) is 0. The van der Waals surface area contributed by atoms with Crippen LogP contribution in [-0.2, 0) is 0 Å². The van der Waals surface area contributed by atoms with Crippen LogP contribution in [0.5, 0.6) is 0 Å². The van der Waals surface area contributed by atoms with Crippen molar-refractivity contribution < 1.29 is 0 Å². The van der Waals surface area contributed by atoms with Gasteiger partial charge in [0.05, 0.1) is 0 Å². The summed E-state index contributed by atoms with van der Waals surface area (Å²) in [6.45, 7) is 13.7. The van der Waals surface area contributed by atoms with Gasteiger partial charge in [-0.2, -0.15) is 15.0 Å². The molecule has 3 atom stereocenters. The van der Waals surface area contributed by atoms with E-state index in [4.69, 9.17) is 11.6 Å². The van der Waals surface area contributed by atoms with Crippen molar-refractivity contribution in [2.75, 3.05) is 29.4 Å². The molecule has 0 aromatic carbocycles. The maximum atomic E-state index is 6.13. The summed E-state index contributed by atoms with van der Waals surface area (Å²) in [5.74, 6) is 2.65. The summed E-state index contributed by atoms with van der Waals surface area (Å²) in [5, 5.41) is 0.278. The molecule has 3 unspecified atom stereocenters. The van der Waals surface area contributed by atoms with Gasteiger partial charge in [-0.3, -0.25) is 0 Å².